The van der Waals surface area contributed by atoms with Crippen LogP contribution in [-0.2, 0) is 7.05 Å². The molecule has 1 aliphatic carbocycles. The Bertz CT molecular complexity index is 540. The fourth-order valence-corrected chi connectivity index (χ4v) is 2.54. The number of aryl methyl sites for hydroxylation is 1. The lowest BCUT2D eigenvalue weighted by Crippen LogP contribution is -2.21. The molecule has 1 heterocycles. The largest absolute Gasteiger partial charge is 0.353 e. The Hall–Kier alpha value is -1.51. The minimum atomic E-state index is 0.563. The highest BCUT2D eigenvalue weighted by atomic mass is 15.2. The summed E-state index contributed by atoms with van der Waals surface area (Å²) < 4.78 is 2.16. The maximum Gasteiger partial charge on any atom is 0.203 e. The lowest BCUT2D eigenvalue weighted by molar-refractivity contribution is 0.581. The standard InChI is InChI=1S/C15H21N3/c1-3-12(10-11-8-9-11)16-15-17-13-6-4-5-7-14(13)18(15)2/h4-7,11-12H,3,8-10H2,1-2H3,(H,16,17). The molecule has 96 valence electrons. The number of nitrogens with one attached hydrogen (secondary N) is 1. The highest BCUT2D eigenvalue weighted by Gasteiger charge is 2.25. The number of anilines is 1. The first-order valence-electron chi connectivity index (χ1n) is 6.96. The van der Waals surface area contributed by atoms with E-state index in [0.29, 0.717) is 6.04 Å². The predicted molar refractivity (Wildman–Crippen MR) is 75.8 cm³/mol. The van der Waals surface area contributed by atoms with Crippen molar-refractivity contribution in [2.24, 2.45) is 13.0 Å². The second-order valence-electron chi connectivity index (χ2n) is 5.41. The fraction of sp³-hybridized carbons (Fsp3) is 0.533. The predicted octanol–water partition coefficient (Wildman–Crippen LogP) is 3.56. The number of rotatable bonds is 5. The van der Waals surface area contributed by atoms with Gasteiger partial charge in [-0.15, -0.1) is 0 Å². The van der Waals surface area contributed by atoms with E-state index in [1.807, 2.05) is 6.07 Å². The maximum atomic E-state index is 4.68. The van der Waals surface area contributed by atoms with Crippen molar-refractivity contribution in [3.63, 3.8) is 0 Å². The van der Waals surface area contributed by atoms with Crippen LogP contribution >= 0.6 is 0 Å². The van der Waals surface area contributed by atoms with Crippen molar-refractivity contribution in [2.75, 3.05) is 5.32 Å². The van der Waals surface area contributed by atoms with Crippen molar-refractivity contribution in [2.45, 2.75) is 38.6 Å². The number of para-hydroxylation sites is 2. The average Bonchev–Trinajstić information content (AvgIpc) is 3.15. The molecule has 3 nitrogen and oxygen atoms in total. The first-order valence-corrected chi connectivity index (χ1v) is 6.96. The van der Waals surface area contributed by atoms with Crippen LogP contribution in [0.25, 0.3) is 11.0 Å². The molecule has 1 unspecified atom stereocenters. The third kappa shape index (κ3) is 2.22. The van der Waals surface area contributed by atoms with Crippen molar-refractivity contribution in [3.05, 3.63) is 24.3 Å². The van der Waals surface area contributed by atoms with Crippen molar-refractivity contribution in [1.29, 1.82) is 0 Å². The van der Waals surface area contributed by atoms with Gasteiger partial charge in [0.05, 0.1) is 11.0 Å². The molecular formula is C15H21N3. The maximum absolute atomic E-state index is 4.68. The summed E-state index contributed by atoms with van der Waals surface area (Å²) in [5.41, 5.74) is 2.27. The summed E-state index contributed by atoms with van der Waals surface area (Å²) in [4.78, 5) is 4.68. The summed E-state index contributed by atoms with van der Waals surface area (Å²) >= 11 is 0. The molecule has 2 aromatic rings. The molecule has 0 radical (unpaired) electrons. The van der Waals surface area contributed by atoms with Crippen molar-refractivity contribution in [3.8, 4) is 0 Å². The summed E-state index contributed by atoms with van der Waals surface area (Å²) in [6.07, 6.45) is 5.29. The van der Waals surface area contributed by atoms with Crippen LogP contribution in [-0.4, -0.2) is 15.6 Å². The highest BCUT2D eigenvalue weighted by Crippen LogP contribution is 2.34. The van der Waals surface area contributed by atoms with Gasteiger partial charge in [0.25, 0.3) is 0 Å². The van der Waals surface area contributed by atoms with E-state index in [1.165, 1.54) is 31.2 Å². The van der Waals surface area contributed by atoms with Crippen molar-refractivity contribution in [1.82, 2.24) is 9.55 Å². The number of aromatic nitrogens is 2. The first kappa shape index (κ1) is 11.6. The summed E-state index contributed by atoms with van der Waals surface area (Å²) in [6, 6.07) is 8.86. The Kier molecular flexibility index (Phi) is 2.98. The van der Waals surface area contributed by atoms with E-state index in [0.717, 1.165) is 17.4 Å². The van der Waals surface area contributed by atoms with Gasteiger partial charge < -0.3 is 9.88 Å². The van der Waals surface area contributed by atoms with Crippen LogP contribution in [0, 0.1) is 5.92 Å². The van der Waals surface area contributed by atoms with E-state index in [-0.39, 0.29) is 0 Å². The minimum absolute atomic E-state index is 0.563. The zero-order valence-corrected chi connectivity index (χ0v) is 11.2. The zero-order chi connectivity index (χ0) is 12.5. The quantitative estimate of drug-likeness (QED) is 0.870. The third-order valence-corrected chi connectivity index (χ3v) is 3.93. The van der Waals surface area contributed by atoms with E-state index in [1.54, 1.807) is 0 Å². The Morgan fingerprint density at radius 2 is 2.17 bits per heavy atom. The Morgan fingerprint density at radius 3 is 2.83 bits per heavy atom. The summed E-state index contributed by atoms with van der Waals surface area (Å²) in [5.74, 6) is 1.96. The van der Waals surface area contributed by atoms with Gasteiger partial charge in [-0.1, -0.05) is 31.9 Å². The third-order valence-electron chi connectivity index (χ3n) is 3.93. The van der Waals surface area contributed by atoms with Gasteiger partial charge in [0, 0.05) is 13.1 Å². The van der Waals surface area contributed by atoms with Gasteiger partial charge >= 0.3 is 0 Å². The number of nitrogens with zero attached hydrogens (tertiary/aromatic N) is 2. The first-order chi connectivity index (χ1) is 8.78. The molecular weight excluding hydrogens is 222 g/mol. The second-order valence-corrected chi connectivity index (χ2v) is 5.41. The van der Waals surface area contributed by atoms with E-state index in [9.17, 15) is 0 Å². The minimum Gasteiger partial charge on any atom is -0.353 e. The van der Waals surface area contributed by atoms with Crippen molar-refractivity contribution >= 4 is 17.0 Å². The highest BCUT2D eigenvalue weighted by molar-refractivity contribution is 5.78. The molecule has 3 heteroatoms. The zero-order valence-electron chi connectivity index (χ0n) is 11.2. The molecule has 1 fully saturated rings. The Balaban J connectivity index is 1.82. The van der Waals surface area contributed by atoms with Crippen LogP contribution in [0.5, 0.6) is 0 Å². The van der Waals surface area contributed by atoms with Gasteiger partial charge in [0.1, 0.15) is 0 Å². The molecule has 1 aromatic heterocycles. The molecule has 1 atom stereocenters. The number of imidazole rings is 1. The van der Waals surface area contributed by atoms with Gasteiger partial charge in [0.2, 0.25) is 5.95 Å². The van der Waals surface area contributed by atoms with Crippen LogP contribution < -0.4 is 5.32 Å². The summed E-state index contributed by atoms with van der Waals surface area (Å²) in [7, 11) is 2.08. The number of hydrogen-bond acceptors (Lipinski definition) is 2. The molecule has 1 aliphatic rings. The van der Waals surface area contributed by atoms with Gasteiger partial charge in [-0.2, -0.15) is 0 Å². The van der Waals surface area contributed by atoms with Crippen LogP contribution in [0.2, 0.25) is 0 Å². The lowest BCUT2D eigenvalue weighted by atomic mass is 10.1. The van der Waals surface area contributed by atoms with E-state index >= 15 is 0 Å². The molecule has 1 aromatic carbocycles. The van der Waals surface area contributed by atoms with E-state index in [4.69, 9.17) is 0 Å². The lowest BCUT2D eigenvalue weighted by Gasteiger charge is -2.17. The monoisotopic (exact) mass is 243 g/mol. The van der Waals surface area contributed by atoms with Gasteiger partial charge in [-0.05, 0) is 30.9 Å². The summed E-state index contributed by atoms with van der Waals surface area (Å²) in [6.45, 7) is 2.25. The number of benzene rings is 1. The normalized spacial score (nSPS) is 17.0. The van der Waals surface area contributed by atoms with E-state index < -0.39 is 0 Å². The molecule has 18 heavy (non-hydrogen) atoms. The molecule has 0 amide bonds. The molecule has 0 aliphatic heterocycles. The molecule has 0 saturated heterocycles. The Morgan fingerprint density at radius 1 is 1.39 bits per heavy atom. The van der Waals surface area contributed by atoms with Crippen LogP contribution in [0.1, 0.15) is 32.6 Å². The van der Waals surface area contributed by atoms with Crippen molar-refractivity contribution < 1.29 is 0 Å². The average molecular weight is 243 g/mol. The van der Waals surface area contributed by atoms with Gasteiger partial charge in [-0.25, -0.2) is 4.98 Å². The van der Waals surface area contributed by atoms with Gasteiger partial charge in [-0.3, -0.25) is 0 Å². The summed E-state index contributed by atoms with van der Waals surface area (Å²) in [5, 5.41) is 3.61. The SMILES string of the molecule is CCC(CC1CC1)Nc1nc2ccccc2n1C. The van der Waals surface area contributed by atoms with E-state index in [2.05, 4.69) is 47.0 Å². The molecule has 3 rings (SSSR count). The topological polar surface area (TPSA) is 29.9 Å². The molecule has 0 bridgehead atoms. The van der Waals surface area contributed by atoms with Gasteiger partial charge in [0.15, 0.2) is 0 Å². The second kappa shape index (κ2) is 4.63. The number of fused-ring (bicyclic) bond motifs is 1. The molecule has 0 spiro atoms. The Labute approximate surface area is 108 Å². The molecule has 1 saturated carbocycles. The van der Waals surface area contributed by atoms with Crippen LogP contribution in [0.4, 0.5) is 5.95 Å². The molecule has 1 N–H and O–H groups in total. The number of hydrogen-bond donors (Lipinski definition) is 1. The smallest absolute Gasteiger partial charge is 0.203 e. The fourth-order valence-electron chi connectivity index (χ4n) is 2.54. The van der Waals surface area contributed by atoms with Crippen LogP contribution in [0.3, 0.4) is 0 Å². The van der Waals surface area contributed by atoms with Crippen LogP contribution in [0.15, 0.2) is 24.3 Å².